The standard InChI is InChI=1S/C14H14ClF3N4/c1-21-8-9(6-20-21)12-3-2-4-22(12)13-11(15)5-10(7-19-13)14(16,17)18/h5-8,12H,2-4H2,1H3. The fourth-order valence-electron chi connectivity index (χ4n) is 2.78. The van der Waals surface area contributed by atoms with Gasteiger partial charge >= 0.3 is 6.18 Å². The van der Waals surface area contributed by atoms with Crippen LogP contribution >= 0.6 is 11.6 Å². The first-order valence-corrected chi connectivity index (χ1v) is 7.22. The summed E-state index contributed by atoms with van der Waals surface area (Å²) in [5.74, 6) is 0.390. The number of alkyl halides is 3. The van der Waals surface area contributed by atoms with Crippen LogP contribution in [0.4, 0.5) is 19.0 Å². The van der Waals surface area contributed by atoms with E-state index in [4.69, 9.17) is 11.6 Å². The topological polar surface area (TPSA) is 34.0 Å². The van der Waals surface area contributed by atoms with E-state index in [9.17, 15) is 13.2 Å². The molecule has 8 heteroatoms. The zero-order valence-corrected chi connectivity index (χ0v) is 12.6. The lowest BCUT2D eigenvalue weighted by molar-refractivity contribution is -0.137. The summed E-state index contributed by atoms with van der Waals surface area (Å²) in [4.78, 5) is 5.90. The van der Waals surface area contributed by atoms with Gasteiger partial charge < -0.3 is 4.90 Å². The zero-order valence-electron chi connectivity index (χ0n) is 11.8. The minimum absolute atomic E-state index is 0.0191. The predicted molar refractivity (Wildman–Crippen MR) is 76.8 cm³/mol. The molecule has 1 aliphatic rings. The summed E-state index contributed by atoms with van der Waals surface area (Å²) in [5, 5.41) is 4.17. The van der Waals surface area contributed by atoms with E-state index in [-0.39, 0.29) is 11.1 Å². The van der Waals surface area contributed by atoms with Gasteiger partial charge in [-0.1, -0.05) is 11.6 Å². The first-order chi connectivity index (χ1) is 10.4. The van der Waals surface area contributed by atoms with E-state index < -0.39 is 11.7 Å². The van der Waals surface area contributed by atoms with Gasteiger partial charge in [0, 0.05) is 31.5 Å². The van der Waals surface area contributed by atoms with Crippen molar-refractivity contribution in [2.45, 2.75) is 25.1 Å². The summed E-state index contributed by atoms with van der Waals surface area (Å²) in [6.07, 6.45) is 1.88. The first-order valence-electron chi connectivity index (χ1n) is 6.84. The molecule has 2 aromatic heterocycles. The van der Waals surface area contributed by atoms with Gasteiger partial charge in [-0.15, -0.1) is 0 Å². The third-order valence-electron chi connectivity index (χ3n) is 3.78. The van der Waals surface area contributed by atoms with Crippen LogP contribution in [-0.2, 0) is 13.2 Å². The molecular formula is C14H14ClF3N4. The highest BCUT2D eigenvalue weighted by Crippen LogP contribution is 2.40. The normalized spacial score (nSPS) is 19.0. The van der Waals surface area contributed by atoms with Crippen LogP contribution in [0, 0.1) is 0 Å². The van der Waals surface area contributed by atoms with Gasteiger partial charge in [0.15, 0.2) is 0 Å². The molecule has 0 aromatic carbocycles. The lowest BCUT2D eigenvalue weighted by atomic mass is 10.1. The van der Waals surface area contributed by atoms with Crippen molar-refractivity contribution in [1.82, 2.24) is 14.8 Å². The SMILES string of the molecule is Cn1cc(C2CCCN2c2ncc(C(F)(F)F)cc2Cl)cn1. The third kappa shape index (κ3) is 2.77. The number of rotatable bonds is 2. The van der Waals surface area contributed by atoms with E-state index in [0.29, 0.717) is 12.4 Å². The quantitative estimate of drug-likeness (QED) is 0.839. The zero-order chi connectivity index (χ0) is 15.9. The van der Waals surface area contributed by atoms with Gasteiger partial charge in [0.05, 0.1) is 22.8 Å². The molecule has 0 radical (unpaired) electrons. The number of hydrogen-bond donors (Lipinski definition) is 0. The van der Waals surface area contributed by atoms with E-state index >= 15 is 0 Å². The number of hydrogen-bond acceptors (Lipinski definition) is 3. The Morgan fingerprint density at radius 1 is 1.32 bits per heavy atom. The molecule has 1 saturated heterocycles. The molecular weight excluding hydrogens is 317 g/mol. The maximum Gasteiger partial charge on any atom is 0.417 e. The molecule has 0 amide bonds. The van der Waals surface area contributed by atoms with Crippen molar-refractivity contribution in [3.05, 3.63) is 40.8 Å². The van der Waals surface area contributed by atoms with E-state index in [0.717, 1.165) is 30.7 Å². The molecule has 118 valence electrons. The predicted octanol–water partition coefficient (Wildman–Crippen LogP) is 3.83. The molecule has 0 bridgehead atoms. The molecule has 3 rings (SSSR count). The second-order valence-electron chi connectivity index (χ2n) is 5.33. The Balaban J connectivity index is 1.93. The van der Waals surface area contributed by atoms with Crippen molar-refractivity contribution in [3.63, 3.8) is 0 Å². The van der Waals surface area contributed by atoms with Gasteiger partial charge in [-0.05, 0) is 18.9 Å². The highest BCUT2D eigenvalue weighted by atomic mass is 35.5. The summed E-state index contributed by atoms with van der Waals surface area (Å²) >= 11 is 6.05. The van der Waals surface area contributed by atoms with E-state index in [1.165, 1.54) is 0 Å². The molecule has 1 atom stereocenters. The lowest BCUT2D eigenvalue weighted by Gasteiger charge is -2.26. The van der Waals surface area contributed by atoms with Crippen LogP contribution < -0.4 is 4.90 Å². The maximum atomic E-state index is 12.7. The third-order valence-corrected chi connectivity index (χ3v) is 4.06. The highest BCUT2D eigenvalue weighted by molar-refractivity contribution is 6.33. The Hall–Kier alpha value is -1.76. The summed E-state index contributed by atoms with van der Waals surface area (Å²) in [7, 11) is 1.83. The molecule has 1 unspecified atom stereocenters. The maximum absolute atomic E-state index is 12.7. The molecule has 4 nitrogen and oxygen atoms in total. The monoisotopic (exact) mass is 330 g/mol. The largest absolute Gasteiger partial charge is 0.417 e. The van der Waals surface area contributed by atoms with Gasteiger partial charge in [-0.2, -0.15) is 18.3 Å². The van der Waals surface area contributed by atoms with E-state index in [2.05, 4.69) is 10.1 Å². The second-order valence-corrected chi connectivity index (χ2v) is 5.73. The average Bonchev–Trinajstić information content (AvgIpc) is 3.06. The van der Waals surface area contributed by atoms with Gasteiger partial charge in [-0.25, -0.2) is 4.98 Å². The molecule has 0 aliphatic carbocycles. The van der Waals surface area contributed by atoms with Gasteiger partial charge in [0.2, 0.25) is 0 Å². The van der Waals surface area contributed by atoms with Crippen LogP contribution in [0.15, 0.2) is 24.7 Å². The summed E-state index contributed by atoms with van der Waals surface area (Å²) in [6.45, 7) is 0.706. The van der Waals surface area contributed by atoms with Crippen LogP contribution in [0.25, 0.3) is 0 Å². The molecule has 1 aliphatic heterocycles. The van der Waals surface area contributed by atoms with Crippen molar-refractivity contribution < 1.29 is 13.2 Å². The van der Waals surface area contributed by atoms with Crippen molar-refractivity contribution in [3.8, 4) is 0 Å². The smallest absolute Gasteiger partial charge is 0.348 e. The number of anilines is 1. The molecule has 1 fully saturated rings. The van der Waals surface area contributed by atoms with Crippen molar-refractivity contribution in [1.29, 1.82) is 0 Å². The average molecular weight is 331 g/mol. The molecule has 2 aromatic rings. The van der Waals surface area contributed by atoms with Crippen LogP contribution in [0.5, 0.6) is 0 Å². The Kier molecular flexibility index (Phi) is 3.76. The van der Waals surface area contributed by atoms with Crippen molar-refractivity contribution >= 4 is 17.4 Å². The van der Waals surface area contributed by atoms with Gasteiger partial charge in [0.25, 0.3) is 0 Å². The Morgan fingerprint density at radius 3 is 2.68 bits per heavy atom. The van der Waals surface area contributed by atoms with E-state index in [1.54, 1.807) is 10.9 Å². The number of aromatic nitrogens is 3. The molecule has 3 heterocycles. The fraction of sp³-hybridized carbons (Fsp3) is 0.429. The number of halogens is 4. The van der Waals surface area contributed by atoms with Crippen molar-refractivity contribution in [2.75, 3.05) is 11.4 Å². The molecule has 0 N–H and O–H groups in total. The number of nitrogens with zero attached hydrogens (tertiary/aromatic N) is 4. The highest BCUT2D eigenvalue weighted by Gasteiger charge is 2.34. The summed E-state index contributed by atoms with van der Waals surface area (Å²) < 4.78 is 39.8. The van der Waals surface area contributed by atoms with Crippen LogP contribution in [-0.4, -0.2) is 21.3 Å². The Bertz CT molecular complexity index is 683. The van der Waals surface area contributed by atoms with Gasteiger partial charge in [0.1, 0.15) is 5.82 Å². The first kappa shape index (κ1) is 15.1. The molecule has 0 spiro atoms. The minimum Gasteiger partial charge on any atom is -0.348 e. The molecule has 22 heavy (non-hydrogen) atoms. The second kappa shape index (κ2) is 5.46. The minimum atomic E-state index is -4.44. The van der Waals surface area contributed by atoms with Crippen LogP contribution in [0.1, 0.15) is 30.0 Å². The lowest BCUT2D eigenvalue weighted by Crippen LogP contribution is -2.24. The fourth-order valence-corrected chi connectivity index (χ4v) is 3.05. The van der Waals surface area contributed by atoms with E-state index in [1.807, 2.05) is 18.1 Å². The number of aryl methyl sites for hydroxylation is 1. The van der Waals surface area contributed by atoms with Crippen LogP contribution in [0.3, 0.4) is 0 Å². The van der Waals surface area contributed by atoms with Gasteiger partial charge in [-0.3, -0.25) is 4.68 Å². The summed E-state index contributed by atoms with van der Waals surface area (Å²) in [5.41, 5.74) is 0.177. The Morgan fingerprint density at radius 2 is 2.09 bits per heavy atom. The summed E-state index contributed by atoms with van der Waals surface area (Å²) in [6, 6.07) is 0.970. The van der Waals surface area contributed by atoms with Crippen molar-refractivity contribution in [2.24, 2.45) is 7.05 Å². The molecule has 0 saturated carbocycles. The number of pyridine rings is 1. The van der Waals surface area contributed by atoms with Crippen LogP contribution in [0.2, 0.25) is 5.02 Å². The Labute approximate surface area is 130 Å².